The zero-order valence-electron chi connectivity index (χ0n) is 14.8. The largest absolute Gasteiger partial charge is 0.497 e. The first-order chi connectivity index (χ1) is 11.3. The second-order valence-electron chi connectivity index (χ2n) is 6.98. The normalized spacial score (nSPS) is 17.5. The maximum atomic E-state index is 12.3. The van der Waals surface area contributed by atoms with Crippen LogP contribution >= 0.6 is 0 Å². The molecule has 1 atom stereocenters. The van der Waals surface area contributed by atoms with E-state index in [-0.39, 0.29) is 17.9 Å². The molecule has 1 aromatic rings. The second kappa shape index (κ2) is 7.55. The number of nitrogens with zero attached hydrogens (tertiary/aromatic N) is 1. The summed E-state index contributed by atoms with van der Waals surface area (Å²) < 4.78 is 10.5. The molecule has 0 spiro atoms. The summed E-state index contributed by atoms with van der Waals surface area (Å²) in [7, 11) is 1.61. The number of methoxy groups -OCH3 is 1. The minimum atomic E-state index is -0.524. The fraction of sp³-hybridized carbons (Fsp3) is 0.556. The minimum absolute atomic E-state index is 0.0381. The van der Waals surface area contributed by atoms with E-state index in [0.29, 0.717) is 26.1 Å². The Labute approximate surface area is 143 Å². The van der Waals surface area contributed by atoms with Gasteiger partial charge < -0.3 is 19.7 Å². The Kier molecular flexibility index (Phi) is 5.70. The van der Waals surface area contributed by atoms with Crippen LogP contribution in [0.2, 0.25) is 0 Å². The second-order valence-corrected chi connectivity index (χ2v) is 6.98. The Balaban J connectivity index is 1.82. The van der Waals surface area contributed by atoms with Crippen molar-refractivity contribution in [3.05, 3.63) is 29.8 Å². The molecule has 1 heterocycles. The molecule has 0 aliphatic carbocycles. The summed E-state index contributed by atoms with van der Waals surface area (Å²) >= 11 is 0. The molecule has 0 bridgehead atoms. The van der Waals surface area contributed by atoms with Gasteiger partial charge in [0.1, 0.15) is 11.4 Å². The molecule has 0 radical (unpaired) electrons. The summed E-state index contributed by atoms with van der Waals surface area (Å²) in [5.74, 6) is 0.533. The number of nitrogens with one attached hydrogen (secondary N) is 1. The van der Waals surface area contributed by atoms with Gasteiger partial charge in [0.15, 0.2) is 0 Å². The lowest BCUT2D eigenvalue weighted by atomic mass is 10.1. The third-order valence-electron chi connectivity index (χ3n) is 3.81. The number of likely N-dealkylation sites (tertiary alicyclic amines) is 1. The molecular formula is C18H26N2O4. The Morgan fingerprint density at radius 2 is 2.08 bits per heavy atom. The first-order valence-electron chi connectivity index (χ1n) is 8.17. The van der Waals surface area contributed by atoms with Crippen molar-refractivity contribution < 1.29 is 19.1 Å². The van der Waals surface area contributed by atoms with Crippen molar-refractivity contribution in [3.8, 4) is 5.75 Å². The predicted octanol–water partition coefficient (Wildman–Crippen LogP) is 2.57. The molecule has 2 rings (SSSR count). The van der Waals surface area contributed by atoms with Crippen molar-refractivity contribution in [2.24, 2.45) is 5.92 Å². The Bertz CT molecular complexity index is 595. The van der Waals surface area contributed by atoms with E-state index in [1.54, 1.807) is 12.0 Å². The van der Waals surface area contributed by atoms with Crippen LogP contribution in [0.5, 0.6) is 5.75 Å². The van der Waals surface area contributed by atoms with Crippen molar-refractivity contribution in [2.45, 2.75) is 39.3 Å². The SMILES string of the molecule is COc1cccc(CNC(=O)C2CCN(C(=O)OC(C)(C)C)C2)c1. The van der Waals surface area contributed by atoms with Gasteiger partial charge in [-0.15, -0.1) is 0 Å². The first kappa shape index (κ1) is 18.1. The Hall–Kier alpha value is -2.24. The molecule has 132 valence electrons. The molecule has 1 fully saturated rings. The molecule has 1 N–H and O–H groups in total. The zero-order valence-corrected chi connectivity index (χ0v) is 14.8. The van der Waals surface area contributed by atoms with Gasteiger partial charge in [-0.3, -0.25) is 4.79 Å². The van der Waals surface area contributed by atoms with Crippen LogP contribution in [-0.4, -0.2) is 42.7 Å². The van der Waals surface area contributed by atoms with E-state index in [2.05, 4.69) is 5.32 Å². The molecule has 0 aromatic heterocycles. The summed E-state index contributed by atoms with van der Waals surface area (Å²) in [6.07, 6.45) is 0.300. The van der Waals surface area contributed by atoms with Crippen LogP contribution < -0.4 is 10.1 Å². The molecule has 1 saturated heterocycles. The summed E-state index contributed by atoms with van der Waals surface area (Å²) in [5, 5.41) is 2.93. The number of carbonyl (C=O) groups excluding carboxylic acids is 2. The third-order valence-corrected chi connectivity index (χ3v) is 3.81. The van der Waals surface area contributed by atoms with Gasteiger partial charge in [-0.05, 0) is 44.9 Å². The monoisotopic (exact) mass is 334 g/mol. The minimum Gasteiger partial charge on any atom is -0.497 e. The van der Waals surface area contributed by atoms with Crippen LogP contribution in [-0.2, 0) is 16.1 Å². The van der Waals surface area contributed by atoms with E-state index in [1.807, 2.05) is 45.0 Å². The van der Waals surface area contributed by atoms with Crippen LogP contribution in [0.4, 0.5) is 4.79 Å². The highest BCUT2D eigenvalue weighted by molar-refractivity contribution is 5.80. The standard InChI is InChI=1S/C18H26N2O4/c1-18(2,3)24-17(22)20-9-8-14(12-20)16(21)19-11-13-6-5-7-15(10-13)23-4/h5-7,10,14H,8-9,11-12H2,1-4H3,(H,19,21). The number of ether oxygens (including phenoxy) is 2. The number of rotatable bonds is 4. The van der Waals surface area contributed by atoms with Crippen molar-refractivity contribution in [1.29, 1.82) is 0 Å². The highest BCUT2D eigenvalue weighted by Crippen LogP contribution is 2.20. The van der Waals surface area contributed by atoms with E-state index in [0.717, 1.165) is 11.3 Å². The molecule has 6 nitrogen and oxygen atoms in total. The summed E-state index contributed by atoms with van der Waals surface area (Å²) in [4.78, 5) is 25.9. The van der Waals surface area contributed by atoms with Gasteiger partial charge >= 0.3 is 6.09 Å². The van der Waals surface area contributed by atoms with Crippen molar-refractivity contribution in [3.63, 3.8) is 0 Å². The molecule has 2 amide bonds. The van der Waals surface area contributed by atoms with Crippen LogP contribution in [0.25, 0.3) is 0 Å². The fourth-order valence-electron chi connectivity index (χ4n) is 2.58. The summed E-state index contributed by atoms with van der Waals surface area (Å²) in [6, 6.07) is 7.58. The summed E-state index contributed by atoms with van der Waals surface area (Å²) in [5.41, 5.74) is 0.453. The van der Waals surface area contributed by atoms with Gasteiger partial charge in [-0.1, -0.05) is 12.1 Å². The van der Waals surface area contributed by atoms with Gasteiger partial charge in [0.05, 0.1) is 13.0 Å². The van der Waals surface area contributed by atoms with Gasteiger partial charge in [-0.25, -0.2) is 4.79 Å². The van der Waals surface area contributed by atoms with Crippen molar-refractivity contribution >= 4 is 12.0 Å². The van der Waals surface area contributed by atoms with E-state index >= 15 is 0 Å². The Morgan fingerprint density at radius 1 is 1.33 bits per heavy atom. The van der Waals surface area contributed by atoms with E-state index in [4.69, 9.17) is 9.47 Å². The molecule has 24 heavy (non-hydrogen) atoms. The van der Waals surface area contributed by atoms with Gasteiger partial charge in [0.25, 0.3) is 0 Å². The number of carbonyl (C=O) groups is 2. The van der Waals surface area contributed by atoms with Crippen LogP contribution in [0.1, 0.15) is 32.8 Å². The quantitative estimate of drug-likeness (QED) is 0.919. The summed E-state index contributed by atoms with van der Waals surface area (Å²) in [6.45, 7) is 6.89. The highest BCUT2D eigenvalue weighted by atomic mass is 16.6. The third kappa shape index (κ3) is 5.15. The lowest BCUT2D eigenvalue weighted by Crippen LogP contribution is -2.37. The molecule has 1 aromatic carbocycles. The topological polar surface area (TPSA) is 67.9 Å². The highest BCUT2D eigenvalue weighted by Gasteiger charge is 2.33. The maximum absolute atomic E-state index is 12.3. The van der Waals surface area contributed by atoms with Gasteiger partial charge in [-0.2, -0.15) is 0 Å². The van der Waals surface area contributed by atoms with Crippen molar-refractivity contribution in [2.75, 3.05) is 20.2 Å². The van der Waals surface area contributed by atoms with E-state index in [9.17, 15) is 9.59 Å². The molecule has 1 unspecified atom stereocenters. The molecular weight excluding hydrogens is 308 g/mol. The lowest BCUT2D eigenvalue weighted by molar-refractivity contribution is -0.124. The maximum Gasteiger partial charge on any atom is 0.410 e. The van der Waals surface area contributed by atoms with E-state index in [1.165, 1.54) is 0 Å². The number of hydrogen-bond acceptors (Lipinski definition) is 4. The van der Waals surface area contributed by atoms with Crippen LogP contribution in [0.3, 0.4) is 0 Å². The number of hydrogen-bond donors (Lipinski definition) is 1. The number of amides is 2. The average molecular weight is 334 g/mol. The van der Waals surface area contributed by atoms with Crippen molar-refractivity contribution in [1.82, 2.24) is 10.2 Å². The molecule has 6 heteroatoms. The number of benzene rings is 1. The smallest absolute Gasteiger partial charge is 0.410 e. The first-order valence-corrected chi connectivity index (χ1v) is 8.17. The van der Waals surface area contributed by atoms with E-state index < -0.39 is 5.60 Å². The molecule has 1 aliphatic rings. The predicted molar refractivity (Wildman–Crippen MR) is 90.8 cm³/mol. The van der Waals surface area contributed by atoms with Crippen LogP contribution in [0, 0.1) is 5.92 Å². The Morgan fingerprint density at radius 3 is 2.75 bits per heavy atom. The lowest BCUT2D eigenvalue weighted by Gasteiger charge is -2.24. The molecule has 0 saturated carbocycles. The van der Waals surface area contributed by atoms with Gasteiger partial charge in [0.2, 0.25) is 5.91 Å². The molecule has 1 aliphatic heterocycles. The zero-order chi connectivity index (χ0) is 17.7. The van der Waals surface area contributed by atoms with Gasteiger partial charge in [0, 0.05) is 19.6 Å². The van der Waals surface area contributed by atoms with Crippen LogP contribution in [0.15, 0.2) is 24.3 Å². The fourth-order valence-corrected chi connectivity index (χ4v) is 2.58. The average Bonchev–Trinajstić information content (AvgIpc) is 3.01.